The Hall–Kier alpha value is -0.870. The van der Waals surface area contributed by atoms with E-state index >= 15 is 0 Å². The van der Waals surface area contributed by atoms with Crippen molar-refractivity contribution in [1.29, 1.82) is 0 Å². The molecule has 0 atom stereocenters. The summed E-state index contributed by atoms with van der Waals surface area (Å²) in [5, 5.41) is 6.06. The van der Waals surface area contributed by atoms with Gasteiger partial charge in [0.2, 0.25) is 5.91 Å². The number of rotatable bonds is 5. The average molecular weight is 311 g/mol. The van der Waals surface area contributed by atoms with E-state index in [2.05, 4.69) is 44.8 Å². The number of nitrogens with one attached hydrogen (secondary N) is 2. The molecule has 0 aromatic heterocycles. The molecule has 1 amide bonds. The lowest BCUT2D eigenvalue weighted by atomic mass is 9.76. The molecule has 1 aromatic rings. The van der Waals surface area contributed by atoms with E-state index in [1.165, 1.54) is 10.0 Å². The summed E-state index contributed by atoms with van der Waals surface area (Å²) >= 11 is 3.60. The number of amides is 1. The minimum atomic E-state index is 0.101. The minimum absolute atomic E-state index is 0.101. The quantitative estimate of drug-likeness (QED) is 0.877. The Labute approximate surface area is 116 Å². The van der Waals surface area contributed by atoms with E-state index < -0.39 is 0 Å². The van der Waals surface area contributed by atoms with E-state index in [9.17, 15) is 4.79 Å². The maximum absolute atomic E-state index is 11.1. The van der Waals surface area contributed by atoms with Crippen LogP contribution in [0.3, 0.4) is 0 Å². The Morgan fingerprint density at radius 3 is 2.78 bits per heavy atom. The molecule has 98 valence electrons. The van der Waals surface area contributed by atoms with Crippen LogP contribution in [0.5, 0.6) is 0 Å². The van der Waals surface area contributed by atoms with Crippen LogP contribution in [0.4, 0.5) is 0 Å². The van der Waals surface area contributed by atoms with Crippen LogP contribution in [0.15, 0.2) is 28.7 Å². The van der Waals surface area contributed by atoms with Crippen LogP contribution in [0.25, 0.3) is 0 Å². The van der Waals surface area contributed by atoms with Crippen molar-refractivity contribution < 1.29 is 4.79 Å². The molecule has 1 aliphatic rings. The average Bonchev–Trinajstić information content (AvgIpc) is 2.33. The molecular weight excluding hydrogens is 292 g/mol. The number of hydrogen-bond donors (Lipinski definition) is 2. The first kappa shape index (κ1) is 13.6. The molecule has 0 bridgehead atoms. The SMILES string of the molecule is CNC(=O)CCNC1CC(c2ccccc2Br)C1. The highest BCUT2D eigenvalue weighted by Crippen LogP contribution is 2.39. The van der Waals surface area contributed by atoms with Gasteiger partial charge in [-0.05, 0) is 30.4 Å². The second kappa shape index (κ2) is 6.34. The Bertz CT molecular complexity index is 416. The first-order valence-electron chi connectivity index (χ1n) is 6.39. The molecule has 2 N–H and O–H groups in total. The molecule has 1 aliphatic carbocycles. The molecular formula is C14H19BrN2O. The first-order valence-corrected chi connectivity index (χ1v) is 7.18. The molecule has 1 fully saturated rings. The maximum Gasteiger partial charge on any atom is 0.221 e. The highest BCUT2D eigenvalue weighted by atomic mass is 79.9. The second-order valence-corrected chi connectivity index (χ2v) is 5.62. The van der Waals surface area contributed by atoms with Gasteiger partial charge >= 0.3 is 0 Å². The monoisotopic (exact) mass is 310 g/mol. The van der Waals surface area contributed by atoms with E-state index in [4.69, 9.17) is 0 Å². The Balaban J connectivity index is 1.71. The van der Waals surface area contributed by atoms with Gasteiger partial charge < -0.3 is 10.6 Å². The van der Waals surface area contributed by atoms with Crippen LogP contribution in [-0.2, 0) is 4.79 Å². The summed E-state index contributed by atoms with van der Waals surface area (Å²) in [5.74, 6) is 0.752. The van der Waals surface area contributed by atoms with Gasteiger partial charge in [0.1, 0.15) is 0 Å². The van der Waals surface area contributed by atoms with Gasteiger partial charge in [-0.2, -0.15) is 0 Å². The standard InChI is InChI=1S/C14H19BrN2O/c1-16-14(18)6-7-17-11-8-10(9-11)12-4-2-3-5-13(12)15/h2-5,10-11,17H,6-9H2,1H3,(H,16,18). The zero-order valence-corrected chi connectivity index (χ0v) is 12.2. The highest BCUT2D eigenvalue weighted by Gasteiger charge is 2.30. The van der Waals surface area contributed by atoms with Gasteiger partial charge in [0.15, 0.2) is 0 Å². The third-order valence-corrected chi connectivity index (χ3v) is 4.27. The summed E-state index contributed by atoms with van der Waals surface area (Å²) in [6.45, 7) is 0.771. The molecule has 1 aromatic carbocycles. The fraction of sp³-hybridized carbons (Fsp3) is 0.500. The molecule has 0 heterocycles. The van der Waals surface area contributed by atoms with Crippen LogP contribution >= 0.6 is 15.9 Å². The van der Waals surface area contributed by atoms with Gasteiger partial charge in [-0.1, -0.05) is 34.1 Å². The highest BCUT2D eigenvalue weighted by molar-refractivity contribution is 9.10. The van der Waals surface area contributed by atoms with E-state index in [1.54, 1.807) is 7.05 Å². The van der Waals surface area contributed by atoms with Crippen molar-refractivity contribution in [2.75, 3.05) is 13.6 Å². The number of benzene rings is 1. The Morgan fingerprint density at radius 2 is 2.11 bits per heavy atom. The summed E-state index contributed by atoms with van der Waals surface area (Å²) < 4.78 is 1.21. The number of carbonyl (C=O) groups is 1. The van der Waals surface area contributed by atoms with Gasteiger partial charge in [0, 0.05) is 30.5 Å². The summed E-state index contributed by atoms with van der Waals surface area (Å²) in [7, 11) is 1.68. The topological polar surface area (TPSA) is 41.1 Å². The number of hydrogen-bond acceptors (Lipinski definition) is 2. The number of carbonyl (C=O) groups excluding carboxylic acids is 1. The molecule has 18 heavy (non-hydrogen) atoms. The molecule has 4 heteroatoms. The van der Waals surface area contributed by atoms with Crippen molar-refractivity contribution in [2.24, 2.45) is 0 Å². The van der Waals surface area contributed by atoms with E-state index in [-0.39, 0.29) is 5.91 Å². The molecule has 0 aliphatic heterocycles. The smallest absolute Gasteiger partial charge is 0.221 e. The Kier molecular flexibility index (Phi) is 4.78. The molecule has 1 saturated carbocycles. The van der Waals surface area contributed by atoms with Crippen molar-refractivity contribution in [3.63, 3.8) is 0 Å². The normalized spacial score (nSPS) is 22.3. The summed E-state index contributed by atoms with van der Waals surface area (Å²) in [6, 6.07) is 8.99. The van der Waals surface area contributed by atoms with Crippen LogP contribution in [0, 0.1) is 0 Å². The number of halogens is 1. The molecule has 0 saturated heterocycles. The second-order valence-electron chi connectivity index (χ2n) is 4.76. The van der Waals surface area contributed by atoms with Crippen molar-refractivity contribution >= 4 is 21.8 Å². The van der Waals surface area contributed by atoms with Crippen molar-refractivity contribution in [3.8, 4) is 0 Å². The fourth-order valence-electron chi connectivity index (χ4n) is 2.36. The van der Waals surface area contributed by atoms with Crippen molar-refractivity contribution in [2.45, 2.75) is 31.2 Å². The molecule has 3 nitrogen and oxygen atoms in total. The van der Waals surface area contributed by atoms with Gasteiger partial charge in [-0.3, -0.25) is 4.79 Å². The van der Waals surface area contributed by atoms with E-state index in [0.717, 1.165) is 19.4 Å². The molecule has 0 spiro atoms. The van der Waals surface area contributed by atoms with Crippen LogP contribution < -0.4 is 10.6 Å². The van der Waals surface area contributed by atoms with Gasteiger partial charge in [0.25, 0.3) is 0 Å². The van der Waals surface area contributed by atoms with Crippen LogP contribution in [-0.4, -0.2) is 25.5 Å². The summed E-state index contributed by atoms with van der Waals surface area (Å²) in [4.78, 5) is 11.1. The summed E-state index contributed by atoms with van der Waals surface area (Å²) in [5.41, 5.74) is 1.40. The zero-order chi connectivity index (χ0) is 13.0. The third kappa shape index (κ3) is 3.33. The largest absolute Gasteiger partial charge is 0.359 e. The lowest BCUT2D eigenvalue weighted by molar-refractivity contribution is -0.120. The lowest BCUT2D eigenvalue weighted by Gasteiger charge is -2.37. The van der Waals surface area contributed by atoms with Gasteiger partial charge in [-0.15, -0.1) is 0 Å². The molecule has 0 radical (unpaired) electrons. The zero-order valence-electron chi connectivity index (χ0n) is 10.6. The van der Waals surface area contributed by atoms with Gasteiger partial charge in [-0.25, -0.2) is 0 Å². The summed E-state index contributed by atoms with van der Waals surface area (Å²) in [6.07, 6.45) is 2.89. The lowest BCUT2D eigenvalue weighted by Crippen LogP contribution is -2.41. The predicted molar refractivity (Wildman–Crippen MR) is 76.6 cm³/mol. The molecule has 0 unspecified atom stereocenters. The van der Waals surface area contributed by atoms with E-state index in [0.29, 0.717) is 18.4 Å². The Morgan fingerprint density at radius 1 is 1.39 bits per heavy atom. The van der Waals surface area contributed by atoms with Crippen LogP contribution in [0.2, 0.25) is 0 Å². The third-order valence-electron chi connectivity index (χ3n) is 3.55. The first-order chi connectivity index (χ1) is 8.70. The minimum Gasteiger partial charge on any atom is -0.359 e. The van der Waals surface area contributed by atoms with E-state index in [1.807, 2.05) is 6.07 Å². The molecule has 2 rings (SSSR count). The van der Waals surface area contributed by atoms with Crippen molar-refractivity contribution in [3.05, 3.63) is 34.3 Å². The maximum atomic E-state index is 11.1. The van der Waals surface area contributed by atoms with Crippen LogP contribution in [0.1, 0.15) is 30.7 Å². The predicted octanol–water partition coefficient (Wildman–Crippen LogP) is 2.42. The van der Waals surface area contributed by atoms with Gasteiger partial charge in [0.05, 0.1) is 0 Å². The van der Waals surface area contributed by atoms with Crippen molar-refractivity contribution in [1.82, 2.24) is 10.6 Å². The fourth-order valence-corrected chi connectivity index (χ4v) is 2.97.